The molecule has 2 aromatic carbocycles. The molecule has 0 aliphatic carbocycles. The van der Waals surface area contributed by atoms with E-state index in [1.807, 2.05) is 18.2 Å². The molecule has 1 aromatic heterocycles. The quantitative estimate of drug-likeness (QED) is 0.577. The van der Waals surface area contributed by atoms with Crippen LogP contribution in [0.2, 0.25) is 5.02 Å². The highest BCUT2D eigenvalue weighted by atomic mass is 35.5. The first-order valence-corrected chi connectivity index (χ1v) is 9.55. The number of amides is 1. The molecule has 0 saturated carbocycles. The van der Waals surface area contributed by atoms with Crippen molar-refractivity contribution in [1.82, 2.24) is 14.9 Å². The molecule has 0 aliphatic rings. The number of carbonyl (C=O) groups excluding carboxylic acids is 1. The number of halogens is 1. The molecule has 0 aliphatic heterocycles. The molecule has 0 saturated heterocycles. The van der Waals surface area contributed by atoms with Crippen LogP contribution in [-0.2, 0) is 13.0 Å². The van der Waals surface area contributed by atoms with Crippen molar-refractivity contribution in [2.45, 2.75) is 39.2 Å². The second-order valence-electron chi connectivity index (χ2n) is 6.36. The Morgan fingerprint density at radius 1 is 1.12 bits per heavy atom. The third-order valence-electron chi connectivity index (χ3n) is 4.45. The van der Waals surface area contributed by atoms with Gasteiger partial charge in [-0.15, -0.1) is 0 Å². The van der Waals surface area contributed by atoms with Gasteiger partial charge in [0.25, 0.3) is 5.91 Å². The van der Waals surface area contributed by atoms with Crippen LogP contribution in [0.15, 0.2) is 48.5 Å². The predicted molar refractivity (Wildman–Crippen MR) is 107 cm³/mol. The van der Waals surface area contributed by atoms with Crippen molar-refractivity contribution in [3.05, 3.63) is 64.9 Å². The molecular weight excluding hydrogens is 346 g/mol. The van der Waals surface area contributed by atoms with Gasteiger partial charge in [-0.1, -0.05) is 49.2 Å². The van der Waals surface area contributed by atoms with Crippen LogP contribution in [0.1, 0.15) is 42.4 Å². The molecule has 0 atom stereocenters. The van der Waals surface area contributed by atoms with E-state index in [4.69, 9.17) is 16.6 Å². The number of aryl methyl sites for hydroxylation is 2. The van der Waals surface area contributed by atoms with Crippen LogP contribution in [-0.4, -0.2) is 22.0 Å². The van der Waals surface area contributed by atoms with Crippen molar-refractivity contribution in [2.24, 2.45) is 0 Å². The van der Waals surface area contributed by atoms with Crippen molar-refractivity contribution in [3.8, 4) is 0 Å². The Hall–Kier alpha value is -2.33. The third kappa shape index (κ3) is 4.25. The van der Waals surface area contributed by atoms with Gasteiger partial charge in [-0.3, -0.25) is 4.79 Å². The summed E-state index contributed by atoms with van der Waals surface area (Å²) in [4.78, 5) is 17.0. The van der Waals surface area contributed by atoms with E-state index in [0.717, 1.165) is 43.6 Å². The first kappa shape index (κ1) is 18.5. The number of hydrogen-bond acceptors (Lipinski definition) is 2. The lowest BCUT2D eigenvalue weighted by atomic mass is 10.2. The highest BCUT2D eigenvalue weighted by Crippen LogP contribution is 2.18. The Bertz CT molecular complexity index is 888. The van der Waals surface area contributed by atoms with Crippen molar-refractivity contribution < 1.29 is 4.79 Å². The van der Waals surface area contributed by atoms with E-state index in [-0.39, 0.29) is 5.91 Å². The lowest BCUT2D eigenvalue weighted by Gasteiger charge is -2.09. The minimum Gasteiger partial charge on any atom is -0.352 e. The number of hydrogen-bond donors (Lipinski definition) is 1. The summed E-state index contributed by atoms with van der Waals surface area (Å²) in [6, 6.07) is 15.4. The fraction of sp³-hybridized carbons (Fsp3) is 0.333. The van der Waals surface area contributed by atoms with Gasteiger partial charge >= 0.3 is 0 Å². The van der Waals surface area contributed by atoms with Gasteiger partial charge in [0.05, 0.1) is 21.6 Å². The molecule has 0 bridgehead atoms. The molecular formula is C21H24ClN3O. The largest absolute Gasteiger partial charge is 0.352 e. The predicted octanol–water partition coefficient (Wildman–Crippen LogP) is 4.85. The number of para-hydroxylation sites is 2. The average molecular weight is 370 g/mol. The van der Waals surface area contributed by atoms with Crippen LogP contribution in [0.25, 0.3) is 11.0 Å². The number of imidazole rings is 1. The normalized spacial score (nSPS) is 11.0. The van der Waals surface area contributed by atoms with Crippen LogP contribution < -0.4 is 5.32 Å². The number of benzene rings is 2. The summed E-state index contributed by atoms with van der Waals surface area (Å²) in [5, 5.41) is 3.42. The van der Waals surface area contributed by atoms with Gasteiger partial charge in [0, 0.05) is 19.5 Å². The maximum Gasteiger partial charge on any atom is 0.252 e. The maximum absolute atomic E-state index is 12.2. The number of carbonyl (C=O) groups is 1. The van der Waals surface area contributed by atoms with Crippen molar-refractivity contribution in [3.63, 3.8) is 0 Å². The van der Waals surface area contributed by atoms with E-state index in [1.54, 1.807) is 12.1 Å². The molecule has 0 radical (unpaired) electrons. The van der Waals surface area contributed by atoms with Gasteiger partial charge in [0.1, 0.15) is 5.82 Å². The first-order valence-electron chi connectivity index (χ1n) is 9.17. The minimum absolute atomic E-state index is 0.130. The van der Waals surface area contributed by atoms with Gasteiger partial charge in [0.15, 0.2) is 0 Å². The molecule has 136 valence electrons. The zero-order valence-electron chi connectivity index (χ0n) is 15.0. The standard InChI is InChI=1S/C21H24ClN3O/c1-2-3-15-25-19-12-7-6-11-18(19)24-20(25)13-8-14-23-21(26)16-9-4-5-10-17(16)22/h4-7,9-12H,2-3,8,13-15H2,1H3,(H,23,26). The Labute approximate surface area is 159 Å². The summed E-state index contributed by atoms with van der Waals surface area (Å²) in [5.41, 5.74) is 2.75. The first-order chi connectivity index (χ1) is 12.7. The molecule has 0 fully saturated rings. The maximum atomic E-state index is 12.2. The molecule has 0 spiro atoms. The zero-order valence-corrected chi connectivity index (χ0v) is 15.8. The van der Waals surface area contributed by atoms with Gasteiger partial charge in [0.2, 0.25) is 0 Å². The Morgan fingerprint density at radius 2 is 1.88 bits per heavy atom. The molecule has 4 nitrogen and oxygen atoms in total. The van der Waals surface area contributed by atoms with Crippen LogP contribution in [0.5, 0.6) is 0 Å². The summed E-state index contributed by atoms with van der Waals surface area (Å²) >= 11 is 6.07. The van der Waals surface area contributed by atoms with Crippen LogP contribution >= 0.6 is 11.6 Å². The number of nitrogens with zero attached hydrogens (tertiary/aromatic N) is 2. The molecule has 1 amide bonds. The summed E-state index contributed by atoms with van der Waals surface area (Å²) in [6.07, 6.45) is 3.96. The molecule has 3 aromatic rings. The second kappa shape index (κ2) is 8.86. The van der Waals surface area contributed by atoms with Gasteiger partial charge < -0.3 is 9.88 Å². The minimum atomic E-state index is -0.130. The fourth-order valence-electron chi connectivity index (χ4n) is 3.07. The molecule has 3 rings (SSSR count). The Morgan fingerprint density at radius 3 is 2.69 bits per heavy atom. The Balaban J connectivity index is 1.61. The molecule has 5 heteroatoms. The number of unbranched alkanes of at least 4 members (excludes halogenated alkanes) is 1. The highest BCUT2D eigenvalue weighted by Gasteiger charge is 2.11. The van der Waals surface area contributed by atoms with Crippen LogP contribution in [0, 0.1) is 0 Å². The Kier molecular flexibility index (Phi) is 6.29. The van der Waals surface area contributed by atoms with Crippen LogP contribution in [0.4, 0.5) is 0 Å². The van der Waals surface area contributed by atoms with E-state index in [1.165, 1.54) is 5.52 Å². The number of fused-ring (bicyclic) bond motifs is 1. The fourth-order valence-corrected chi connectivity index (χ4v) is 3.29. The van der Waals surface area contributed by atoms with E-state index in [9.17, 15) is 4.79 Å². The molecule has 0 unspecified atom stereocenters. The lowest BCUT2D eigenvalue weighted by molar-refractivity contribution is 0.0953. The van der Waals surface area contributed by atoms with Gasteiger partial charge in [-0.25, -0.2) is 4.98 Å². The van der Waals surface area contributed by atoms with Crippen molar-refractivity contribution in [1.29, 1.82) is 0 Å². The van der Waals surface area contributed by atoms with Crippen molar-refractivity contribution >= 4 is 28.5 Å². The number of rotatable bonds is 8. The smallest absolute Gasteiger partial charge is 0.252 e. The lowest BCUT2D eigenvalue weighted by Crippen LogP contribution is -2.25. The third-order valence-corrected chi connectivity index (χ3v) is 4.78. The highest BCUT2D eigenvalue weighted by molar-refractivity contribution is 6.33. The van der Waals surface area contributed by atoms with Gasteiger partial charge in [-0.05, 0) is 37.1 Å². The van der Waals surface area contributed by atoms with E-state index in [2.05, 4.69) is 35.0 Å². The molecule has 1 heterocycles. The van der Waals surface area contributed by atoms with Crippen LogP contribution in [0.3, 0.4) is 0 Å². The zero-order chi connectivity index (χ0) is 18.4. The molecule has 1 N–H and O–H groups in total. The summed E-state index contributed by atoms with van der Waals surface area (Å²) in [6.45, 7) is 3.78. The SMILES string of the molecule is CCCCn1c(CCCNC(=O)c2ccccc2Cl)nc2ccccc21. The van der Waals surface area contributed by atoms with Crippen molar-refractivity contribution in [2.75, 3.05) is 6.54 Å². The van der Waals surface area contributed by atoms with Gasteiger partial charge in [-0.2, -0.15) is 0 Å². The molecule has 26 heavy (non-hydrogen) atoms. The number of aromatic nitrogens is 2. The van der Waals surface area contributed by atoms with E-state index < -0.39 is 0 Å². The summed E-state index contributed by atoms with van der Waals surface area (Å²) in [7, 11) is 0. The van der Waals surface area contributed by atoms with E-state index in [0.29, 0.717) is 17.1 Å². The van der Waals surface area contributed by atoms with E-state index >= 15 is 0 Å². The average Bonchev–Trinajstić information content (AvgIpc) is 3.01. The monoisotopic (exact) mass is 369 g/mol. The summed E-state index contributed by atoms with van der Waals surface area (Å²) < 4.78 is 2.31. The topological polar surface area (TPSA) is 46.9 Å². The second-order valence-corrected chi connectivity index (χ2v) is 6.77. The summed E-state index contributed by atoms with van der Waals surface area (Å²) in [5.74, 6) is 0.960. The number of nitrogens with one attached hydrogen (secondary N) is 1.